The topological polar surface area (TPSA) is 58.4 Å². The molecule has 2 rings (SSSR count). The van der Waals surface area contributed by atoms with Gasteiger partial charge in [-0.25, -0.2) is 0 Å². The fraction of sp³-hybridized carbons (Fsp3) is 0.462. The van der Waals surface area contributed by atoms with Gasteiger partial charge in [0.05, 0.1) is 18.2 Å². The summed E-state index contributed by atoms with van der Waals surface area (Å²) in [6.45, 7) is 3.37. The molecule has 1 aromatic carbocycles. The summed E-state index contributed by atoms with van der Waals surface area (Å²) in [6, 6.07) is 8.16. The lowest BCUT2D eigenvalue weighted by Crippen LogP contribution is -2.33. The molecule has 0 aliphatic carbocycles. The van der Waals surface area contributed by atoms with Gasteiger partial charge in [0.2, 0.25) is 5.91 Å². The molecule has 92 valence electrons. The van der Waals surface area contributed by atoms with Crippen molar-refractivity contribution in [1.82, 2.24) is 5.43 Å². The van der Waals surface area contributed by atoms with Crippen LogP contribution in [-0.2, 0) is 11.2 Å². The summed E-state index contributed by atoms with van der Waals surface area (Å²) in [7, 11) is 0. The minimum absolute atomic E-state index is 0.0533. The third-order valence-corrected chi connectivity index (χ3v) is 3.08. The average Bonchev–Trinajstić information content (AvgIpc) is 2.67. The van der Waals surface area contributed by atoms with Gasteiger partial charge in [-0.2, -0.15) is 0 Å². The highest BCUT2D eigenvalue weighted by molar-refractivity contribution is 5.84. The first-order chi connectivity index (χ1) is 8.22. The molecule has 0 bridgehead atoms. The molecule has 1 aliphatic heterocycles. The Kier molecular flexibility index (Phi) is 3.64. The van der Waals surface area contributed by atoms with Crippen LogP contribution >= 0.6 is 0 Å². The van der Waals surface area contributed by atoms with Crippen LogP contribution in [0.15, 0.2) is 24.3 Å². The van der Waals surface area contributed by atoms with Crippen molar-refractivity contribution in [3.8, 4) is 0 Å². The number of anilines is 1. The molecule has 17 heavy (non-hydrogen) atoms. The van der Waals surface area contributed by atoms with E-state index >= 15 is 0 Å². The Morgan fingerprint density at radius 3 is 2.88 bits per heavy atom. The van der Waals surface area contributed by atoms with Crippen LogP contribution in [0.4, 0.5) is 5.69 Å². The molecular formula is C13H19N3O. The molecule has 0 spiro atoms. The number of aryl methyl sites for hydroxylation is 1. The van der Waals surface area contributed by atoms with Gasteiger partial charge in [0.15, 0.2) is 0 Å². The standard InChI is InChI=1S/C13H19N3O/c1-10-9-16(15-13(10)17)12-7-3-2-5-11(12)6-4-8-14/h2-3,5,7,10H,4,6,8-9,14H2,1H3,(H,15,17). The summed E-state index contributed by atoms with van der Waals surface area (Å²) in [5.41, 5.74) is 10.8. The first-order valence-corrected chi connectivity index (χ1v) is 6.08. The lowest BCUT2D eigenvalue weighted by Gasteiger charge is -2.21. The van der Waals surface area contributed by atoms with Crippen LogP contribution in [0.1, 0.15) is 18.9 Å². The molecule has 0 aromatic heterocycles. The highest BCUT2D eigenvalue weighted by Crippen LogP contribution is 2.23. The summed E-state index contributed by atoms with van der Waals surface area (Å²) in [6.07, 6.45) is 1.92. The maximum Gasteiger partial charge on any atom is 0.243 e. The number of amides is 1. The van der Waals surface area contributed by atoms with Gasteiger partial charge in [0.1, 0.15) is 0 Å². The number of carbonyl (C=O) groups is 1. The summed E-state index contributed by atoms with van der Waals surface area (Å²) < 4.78 is 0. The van der Waals surface area contributed by atoms with Crippen LogP contribution in [0.25, 0.3) is 0 Å². The van der Waals surface area contributed by atoms with E-state index in [4.69, 9.17) is 5.73 Å². The smallest absolute Gasteiger partial charge is 0.243 e. The Morgan fingerprint density at radius 2 is 2.24 bits per heavy atom. The molecule has 1 amide bonds. The number of hydrazine groups is 1. The van der Waals surface area contributed by atoms with E-state index in [-0.39, 0.29) is 11.8 Å². The Morgan fingerprint density at radius 1 is 1.47 bits per heavy atom. The van der Waals surface area contributed by atoms with Crippen molar-refractivity contribution < 1.29 is 4.79 Å². The van der Waals surface area contributed by atoms with Crippen molar-refractivity contribution in [2.24, 2.45) is 11.7 Å². The Labute approximate surface area is 102 Å². The monoisotopic (exact) mass is 233 g/mol. The quantitative estimate of drug-likeness (QED) is 0.817. The van der Waals surface area contributed by atoms with E-state index in [0.717, 1.165) is 25.1 Å². The van der Waals surface area contributed by atoms with Crippen molar-refractivity contribution in [2.75, 3.05) is 18.1 Å². The lowest BCUT2D eigenvalue weighted by atomic mass is 10.1. The second kappa shape index (κ2) is 5.19. The number of carbonyl (C=O) groups excluding carboxylic acids is 1. The van der Waals surface area contributed by atoms with E-state index in [1.54, 1.807) is 0 Å². The van der Waals surface area contributed by atoms with Crippen LogP contribution in [0.5, 0.6) is 0 Å². The number of benzene rings is 1. The van der Waals surface area contributed by atoms with Crippen LogP contribution < -0.4 is 16.2 Å². The number of nitrogens with two attached hydrogens (primary N) is 1. The Bertz CT molecular complexity index is 405. The Hall–Kier alpha value is -1.55. The summed E-state index contributed by atoms with van der Waals surface area (Å²) in [5.74, 6) is 0.149. The van der Waals surface area contributed by atoms with Gasteiger partial charge in [-0.3, -0.25) is 15.2 Å². The number of nitrogens with zero attached hydrogens (tertiary/aromatic N) is 1. The SMILES string of the molecule is CC1CN(c2ccccc2CCCN)NC1=O. The summed E-state index contributed by atoms with van der Waals surface area (Å²) >= 11 is 0. The van der Waals surface area contributed by atoms with Crippen molar-refractivity contribution in [1.29, 1.82) is 0 Å². The van der Waals surface area contributed by atoms with Crippen molar-refractivity contribution in [3.05, 3.63) is 29.8 Å². The second-order valence-electron chi connectivity index (χ2n) is 4.51. The zero-order chi connectivity index (χ0) is 12.3. The summed E-state index contributed by atoms with van der Waals surface area (Å²) in [4.78, 5) is 11.5. The van der Waals surface area contributed by atoms with Gasteiger partial charge in [-0.15, -0.1) is 0 Å². The molecule has 0 saturated carbocycles. The first-order valence-electron chi connectivity index (χ1n) is 6.08. The van der Waals surface area contributed by atoms with E-state index in [9.17, 15) is 4.79 Å². The number of hydrogen-bond acceptors (Lipinski definition) is 3. The average molecular weight is 233 g/mol. The molecule has 4 nitrogen and oxygen atoms in total. The minimum Gasteiger partial charge on any atom is -0.330 e. The molecule has 1 saturated heterocycles. The minimum atomic E-state index is 0.0533. The number of para-hydroxylation sites is 1. The van der Waals surface area contributed by atoms with E-state index < -0.39 is 0 Å². The maximum atomic E-state index is 11.5. The molecular weight excluding hydrogens is 214 g/mol. The fourth-order valence-corrected chi connectivity index (χ4v) is 2.08. The van der Waals surface area contributed by atoms with Crippen LogP contribution in [-0.4, -0.2) is 19.0 Å². The Balaban J connectivity index is 2.17. The van der Waals surface area contributed by atoms with Crippen molar-refractivity contribution in [3.63, 3.8) is 0 Å². The van der Waals surface area contributed by atoms with E-state index in [2.05, 4.69) is 11.5 Å². The molecule has 1 fully saturated rings. The van der Waals surface area contributed by atoms with Crippen molar-refractivity contribution in [2.45, 2.75) is 19.8 Å². The van der Waals surface area contributed by atoms with Gasteiger partial charge in [0.25, 0.3) is 0 Å². The third kappa shape index (κ3) is 2.58. The third-order valence-electron chi connectivity index (χ3n) is 3.08. The molecule has 1 aliphatic rings. The van der Waals surface area contributed by atoms with E-state index in [0.29, 0.717) is 6.54 Å². The van der Waals surface area contributed by atoms with Gasteiger partial charge < -0.3 is 5.73 Å². The highest BCUT2D eigenvalue weighted by atomic mass is 16.2. The maximum absolute atomic E-state index is 11.5. The zero-order valence-corrected chi connectivity index (χ0v) is 10.1. The molecule has 3 N–H and O–H groups in total. The normalized spacial score (nSPS) is 19.5. The van der Waals surface area contributed by atoms with E-state index in [1.165, 1.54) is 5.56 Å². The first kappa shape index (κ1) is 11.9. The van der Waals surface area contributed by atoms with Crippen molar-refractivity contribution >= 4 is 11.6 Å². The van der Waals surface area contributed by atoms with Crippen LogP contribution in [0.3, 0.4) is 0 Å². The molecule has 1 aromatic rings. The second-order valence-corrected chi connectivity index (χ2v) is 4.51. The lowest BCUT2D eigenvalue weighted by molar-refractivity contribution is -0.121. The van der Waals surface area contributed by atoms with Gasteiger partial charge in [-0.1, -0.05) is 25.1 Å². The van der Waals surface area contributed by atoms with Gasteiger partial charge in [-0.05, 0) is 31.0 Å². The largest absolute Gasteiger partial charge is 0.330 e. The molecule has 4 heteroatoms. The number of hydrogen-bond donors (Lipinski definition) is 2. The van der Waals surface area contributed by atoms with E-state index in [1.807, 2.05) is 30.1 Å². The highest BCUT2D eigenvalue weighted by Gasteiger charge is 2.27. The molecule has 1 atom stereocenters. The zero-order valence-electron chi connectivity index (χ0n) is 10.1. The van der Waals surface area contributed by atoms with Gasteiger partial charge in [0, 0.05) is 0 Å². The number of nitrogens with one attached hydrogen (secondary N) is 1. The van der Waals surface area contributed by atoms with Crippen LogP contribution in [0, 0.1) is 5.92 Å². The predicted octanol–water partition coefficient (Wildman–Crippen LogP) is 1.07. The fourth-order valence-electron chi connectivity index (χ4n) is 2.08. The predicted molar refractivity (Wildman–Crippen MR) is 68.5 cm³/mol. The molecule has 1 unspecified atom stereocenters. The molecule has 0 radical (unpaired) electrons. The number of rotatable bonds is 4. The van der Waals surface area contributed by atoms with Gasteiger partial charge >= 0.3 is 0 Å². The summed E-state index contributed by atoms with van der Waals surface area (Å²) in [5, 5.41) is 1.94. The van der Waals surface area contributed by atoms with Crippen LogP contribution in [0.2, 0.25) is 0 Å². The molecule has 1 heterocycles.